The number of aryl methyl sites for hydroxylation is 1. The fourth-order valence-electron chi connectivity index (χ4n) is 3.32. The first-order chi connectivity index (χ1) is 13.9. The Kier molecular flexibility index (Phi) is 7.70. The number of carbonyl (C=O) groups is 1. The fourth-order valence-corrected chi connectivity index (χ4v) is 4.28. The van der Waals surface area contributed by atoms with Crippen molar-refractivity contribution in [3.8, 4) is 0 Å². The molecule has 0 aliphatic rings. The number of amides is 1. The molecule has 0 fully saturated rings. The van der Waals surface area contributed by atoms with Gasteiger partial charge in [0.2, 0.25) is 15.9 Å². The standard InChI is InChI=1S/C24H34N2O3S/c1-18-9-7-10-22(17-18)26(30(6,28)29)16-8-11-23(27)25-19(2)20-12-14-21(15-13-20)24(3,4)5/h7,9-10,12-15,17,19H,8,11,16H2,1-6H3,(H,25,27)/t19-/m1/s1. The lowest BCUT2D eigenvalue weighted by atomic mass is 9.86. The molecule has 1 amide bonds. The van der Waals surface area contributed by atoms with E-state index in [4.69, 9.17) is 0 Å². The summed E-state index contributed by atoms with van der Waals surface area (Å²) in [6, 6.07) is 15.6. The first kappa shape index (κ1) is 23.9. The van der Waals surface area contributed by atoms with E-state index < -0.39 is 10.0 Å². The van der Waals surface area contributed by atoms with E-state index in [0.717, 1.165) is 11.1 Å². The Morgan fingerprint density at radius 3 is 2.27 bits per heavy atom. The zero-order valence-corrected chi connectivity index (χ0v) is 19.7. The SMILES string of the molecule is Cc1cccc(N(CCCC(=O)N[C@H](C)c2ccc(C(C)(C)C)cc2)S(C)(=O)=O)c1. The number of carbonyl (C=O) groups excluding carboxylic acids is 1. The Bertz CT molecular complexity index is 961. The lowest BCUT2D eigenvalue weighted by molar-refractivity contribution is -0.121. The van der Waals surface area contributed by atoms with Gasteiger partial charge in [-0.05, 0) is 54.5 Å². The molecular formula is C24H34N2O3S. The molecule has 1 atom stereocenters. The van der Waals surface area contributed by atoms with Gasteiger partial charge in [0.15, 0.2) is 0 Å². The first-order valence-corrected chi connectivity index (χ1v) is 12.2. The third kappa shape index (κ3) is 6.87. The lowest BCUT2D eigenvalue weighted by Gasteiger charge is -2.23. The second-order valence-corrected chi connectivity index (χ2v) is 10.8. The van der Waals surface area contributed by atoms with Gasteiger partial charge in [0.05, 0.1) is 18.0 Å². The van der Waals surface area contributed by atoms with Crippen LogP contribution >= 0.6 is 0 Å². The molecule has 1 N–H and O–H groups in total. The molecule has 6 heteroatoms. The van der Waals surface area contributed by atoms with Crippen LogP contribution in [0.3, 0.4) is 0 Å². The van der Waals surface area contributed by atoms with Gasteiger partial charge < -0.3 is 5.32 Å². The quantitative estimate of drug-likeness (QED) is 0.659. The van der Waals surface area contributed by atoms with Crippen LogP contribution in [-0.4, -0.2) is 27.1 Å². The van der Waals surface area contributed by atoms with Crippen LogP contribution < -0.4 is 9.62 Å². The number of nitrogens with zero attached hydrogens (tertiary/aromatic N) is 1. The van der Waals surface area contributed by atoms with Crippen molar-refractivity contribution in [1.29, 1.82) is 0 Å². The molecule has 30 heavy (non-hydrogen) atoms. The van der Waals surface area contributed by atoms with Gasteiger partial charge in [-0.3, -0.25) is 9.10 Å². The lowest BCUT2D eigenvalue weighted by Crippen LogP contribution is -2.32. The summed E-state index contributed by atoms with van der Waals surface area (Å²) in [6.07, 6.45) is 1.91. The van der Waals surface area contributed by atoms with Crippen LogP contribution in [0.1, 0.15) is 63.3 Å². The molecule has 0 saturated heterocycles. The smallest absolute Gasteiger partial charge is 0.232 e. The van der Waals surface area contributed by atoms with Gasteiger partial charge >= 0.3 is 0 Å². The molecule has 0 heterocycles. The highest BCUT2D eigenvalue weighted by atomic mass is 32.2. The van der Waals surface area contributed by atoms with Crippen LogP contribution in [0, 0.1) is 6.92 Å². The zero-order valence-electron chi connectivity index (χ0n) is 18.9. The summed E-state index contributed by atoms with van der Waals surface area (Å²) in [4.78, 5) is 12.4. The number of rotatable bonds is 8. The molecular weight excluding hydrogens is 396 g/mol. The van der Waals surface area contributed by atoms with Crippen molar-refractivity contribution in [2.24, 2.45) is 0 Å². The van der Waals surface area contributed by atoms with Crippen molar-refractivity contribution in [1.82, 2.24) is 5.32 Å². The summed E-state index contributed by atoms with van der Waals surface area (Å²) >= 11 is 0. The summed E-state index contributed by atoms with van der Waals surface area (Å²) in [6.45, 7) is 10.7. The normalized spacial score (nSPS) is 13.0. The van der Waals surface area contributed by atoms with Crippen LogP contribution in [0.25, 0.3) is 0 Å². The van der Waals surface area contributed by atoms with Gasteiger partial charge in [0, 0.05) is 13.0 Å². The van der Waals surface area contributed by atoms with Gasteiger partial charge in [-0.25, -0.2) is 8.42 Å². The second-order valence-electron chi connectivity index (χ2n) is 8.94. The van der Waals surface area contributed by atoms with Gasteiger partial charge in [0.1, 0.15) is 0 Å². The Morgan fingerprint density at radius 1 is 1.10 bits per heavy atom. The summed E-state index contributed by atoms with van der Waals surface area (Å²) in [7, 11) is -3.41. The van der Waals surface area contributed by atoms with Gasteiger partial charge in [0.25, 0.3) is 0 Å². The van der Waals surface area contributed by atoms with E-state index >= 15 is 0 Å². The Labute approximate surface area is 181 Å². The molecule has 0 bridgehead atoms. The van der Waals surface area contributed by atoms with Crippen molar-refractivity contribution < 1.29 is 13.2 Å². The average Bonchev–Trinajstić information content (AvgIpc) is 2.63. The van der Waals surface area contributed by atoms with Gasteiger partial charge in [-0.1, -0.05) is 57.2 Å². The molecule has 0 aliphatic heterocycles. The van der Waals surface area contributed by atoms with Crippen LogP contribution in [0.5, 0.6) is 0 Å². The van der Waals surface area contributed by atoms with Crippen molar-refractivity contribution >= 4 is 21.6 Å². The van der Waals surface area contributed by atoms with E-state index in [-0.39, 0.29) is 30.3 Å². The molecule has 0 saturated carbocycles. The van der Waals surface area contributed by atoms with E-state index in [1.54, 1.807) is 6.07 Å². The number of sulfonamides is 1. The summed E-state index contributed by atoms with van der Waals surface area (Å²) in [5.41, 5.74) is 4.01. The fraction of sp³-hybridized carbons (Fsp3) is 0.458. The van der Waals surface area contributed by atoms with Crippen molar-refractivity contribution in [3.05, 3.63) is 65.2 Å². The predicted molar refractivity (Wildman–Crippen MR) is 124 cm³/mol. The number of hydrogen-bond acceptors (Lipinski definition) is 3. The number of benzene rings is 2. The predicted octanol–water partition coefficient (Wildman–Crippen LogP) is 4.72. The molecule has 2 aromatic carbocycles. The van der Waals surface area contributed by atoms with Crippen LogP contribution in [-0.2, 0) is 20.2 Å². The van der Waals surface area contributed by atoms with Gasteiger partial charge in [-0.2, -0.15) is 0 Å². The molecule has 5 nitrogen and oxygen atoms in total. The molecule has 164 valence electrons. The highest BCUT2D eigenvalue weighted by Gasteiger charge is 2.18. The topological polar surface area (TPSA) is 66.5 Å². The Hall–Kier alpha value is -2.34. The van der Waals surface area contributed by atoms with E-state index in [0.29, 0.717) is 12.1 Å². The maximum absolute atomic E-state index is 12.4. The third-order valence-electron chi connectivity index (χ3n) is 5.11. The molecule has 0 spiro atoms. The second kappa shape index (κ2) is 9.65. The van der Waals surface area contributed by atoms with Crippen molar-refractivity contribution in [2.45, 2.75) is 58.9 Å². The molecule has 0 aliphatic carbocycles. The minimum Gasteiger partial charge on any atom is -0.350 e. The minimum atomic E-state index is -3.41. The molecule has 0 radical (unpaired) electrons. The Balaban J connectivity index is 1.93. The number of nitrogens with one attached hydrogen (secondary N) is 1. The van der Waals surface area contributed by atoms with Crippen LogP contribution in [0.15, 0.2) is 48.5 Å². The van der Waals surface area contributed by atoms with E-state index in [2.05, 4.69) is 50.4 Å². The first-order valence-electron chi connectivity index (χ1n) is 10.3. The maximum Gasteiger partial charge on any atom is 0.232 e. The summed E-state index contributed by atoms with van der Waals surface area (Å²) < 4.78 is 25.8. The van der Waals surface area contributed by atoms with Gasteiger partial charge in [-0.15, -0.1) is 0 Å². The van der Waals surface area contributed by atoms with E-state index in [9.17, 15) is 13.2 Å². The number of hydrogen-bond donors (Lipinski definition) is 1. The average molecular weight is 431 g/mol. The largest absolute Gasteiger partial charge is 0.350 e. The van der Waals surface area contributed by atoms with E-state index in [1.165, 1.54) is 16.1 Å². The summed E-state index contributed by atoms with van der Waals surface area (Å²) in [5.74, 6) is -0.0832. The Morgan fingerprint density at radius 2 is 1.73 bits per heavy atom. The highest BCUT2D eigenvalue weighted by Crippen LogP contribution is 2.24. The molecule has 0 unspecified atom stereocenters. The number of anilines is 1. The zero-order chi connectivity index (χ0) is 22.5. The van der Waals surface area contributed by atoms with Crippen molar-refractivity contribution in [2.75, 3.05) is 17.1 Å². The monoisotopic (exact) mass is 430 g/mol. The minimum absolute atomic E-state index is 0.0832. The van der Waals surface area contributed by atoms with Crippen molar-refractivity contribution in [3.63, 3.8) is 0 Å². The molecule has 0 aromatic heterocycles. The van der Waals surface area contributed by atoms with E-state index in [1.807, 2.05) is 32.0 Å². The highest BCUT2D eigenvalue weighted by molar-refractivity contribution is 7.92. The molecule has 2 rings (SSSR count). The molecule has 2 aromatic rings. The maximum atomic E-state index is 12.4. The summed E-state index contributed by atoms with van der Waals surface area (Å²) in [5, 5.41) is 3.01. The van der Waals surface area contributed by atoms with Crippen LogP contribution in [0.4, 0.5) is 5.69 Å². The van der Waals surface area contributed by atoms with Crippen LogP contribution in [0.2, 0.25) is 0 Å². The third-order valence-corrected chi connectivity index (χ3v) is 6.30.